The lowest BCUT2D eigenvalue weighted by Gasteiger charge is -2.19. The maximum atomic E-state index is 11.6. The van der Waals surface area contributed by atoms with Gasteiger partial charge < -0.3 is 14.2 Å². The third-order valence-electron chi connectivity index (χ3n) is 5.62. The summed E-state index contributed by atoms with van der Waals surface area (Å²) >= 11 is 0. The Morgan fingerprint density at radius 3 is 2.29 bits per heavy atom. The molecule has 4 aromatic rings. The number of carbonyl (C=O) groups is 1. The molecule has 0 atom stereocenters. The van der Waals surface area contributed by atoms with Crippen LogP contribution in [0, 0.1) is 0 Å². The zero-order chi connectivity index (χ0) is 23.9. The van der Waals surface area contributed by atoms with Crippen LogP contribution in [0.4, 0.5) is 0 Å². The summed E-state index contributed by atoms with van der Waals surface area (Å²) in [6, 6.07) is 26.2. The summed E-state index contributed by atoms with van der Waals surface area (Å²) < 4.78 is 17.0. The van der Waals surface area contributed by atoms with Gasteiger partial charge in [-0.1, -0.05) is 55.5 Å². The molecule has 0 aliphatic carbocycles. The van der Waals surface area contributed by atoms with Crippen LogP contribution in [0.5, 0.6) is 17.2 Å². The van der Waals surface area contributed by atoms with Crippen molar-refractivity contribution in [3.8, 4) is 28.4 Å². The molecule has 0 unspecified atom stereocenters. The number of hydrogen-bond donors (Lipinski definition) is 0. The first-order valence-corrected chi connectivity index (χ1v) is 11.4. The normalized spacial score (nSPS) is 11.0. The zero-order valence-corrected chi connectivity index (χ0v) is 19.7. The fraction of sp³-hybridized carbons (Fsp3) is 0.167. The number of benzene rings is 4. The molecule has 0 aliphatic rings. The molecule has 172 valence electrons. The summed E-state index contributed by atoms with van der Waals surface area (Å²) in [5.74, 6) is 1.99. The van der Waals surface area contributed by atoms with E-state index in [0.717, 1.165) is 51.1 Å². The highest BCUT2D eigenvalue weighted by atomic mass is 16.5. The van der Waals surface area contributed by atoms with Crippen LogP contribution in [-0.4, -0.2) is 19.7 Å². The summed E-state index contributed by atoms with van der Waals surface area (Å²) in [6.07, 6.45) is 4.03. The first-order valence-electron chi connectivity index (χ1n) is 11.4. The number of carbonyl (C=O) groups excluding carboxylic acids is 1. The van der Waals surface area contributed by atoms with Gasteiger partial charge in [-0.2, -0.15) is 0 Å². The number of hydrogen-bond acceptors (Lipinski definition) is 4. The van der Waals surface area contributed by atoms with Crippen LogP contribution in [0.1, 0.15) is 25.0 Å². The number of fused-ring (bicyclic) bond motifs is 1. The van der Waals surface area contributed by atoms with E-state index in [2.05, 4.69) is 25.1 Å². The molecule has 0 N–H and O–H groups in total. The highest BCUT2D eigenvalue weighted by Gasteiger charge is 2.17. The van der Waals surface area contributed by atoms with Crippen molar-refractivity contribution in [3.05, 3.63) is 96.1 Å². The van der Waals surface area contributed by atoms with Gasteiger partial charge in [0.2, 0.25) is 0 Å². The monoisotopic (exact) mass is 452 g/mol. The lowest BCUT2D eigenvalue weighted by Crippen LogP contribution is -1.98. The van der Waals surface area contributed by atoms with Crippen LogP contribution >= 0.6 is 0 Å². The highest BCUT2D eigenvalue weighted by Crippen LogP contribution is 2.43. The predicted octanol–water partition coefficient (Wildman–Crippen LogP) is 7.45. The first kappa shape index (κ1) is 23.1. The summed E-state index contributed by atoms with van der Waals surface area (Å²) in [5.41, 5.74) is 4.30. The average molecular weight is 453 g/mol. The molecular weight excluding hydrogens is 424 g/mol. The van der Waals surface area contributed by atoms with Crippen LogP contribution in [0.25, 0.3) is 28.0 Å². The Hall–Kier alpha value is -4.05. The second kappa shape index (κ2) is 10.7. The molecule has 0 spiro atoms. The van der Waals surface area contributed by atoms with Crippen molar-refractivity contribution in [1.29, 1.82) is 0 Å². The quantitative estimate of drug-likeness (QED) is 0.206. The van der Waals surface area contributed by atoms with E-state index < -0.39 is 0 Å². The van der Waals surface area contributed by atoms with E-state index in [4.69, 9.17) is 14.2 Å². The minimum atomic E-state index is -0.353. The van der Waals surface area contributed by atoms with E-state index >= 15 is 0 Å². The van der Waals surface area contributed by atoms with Crippen molar-refractivity contribution in [3.63, 3.8) is 0 Å². The summed E-state index contributed by atoms with van der Waals surface area (Å²) in [4.78, 5) is 11.6. The van der Waals surface area contributed by atoms with Gasteiger partial charge in [-0.25, -0.2) is 4.79 Å². The van der Waals surface area contributed by atoms with Gasteiger partial charge in [0, 0.05) is 17.0 Å². The van der Waals surface area contributed by atoms with Crippen molar-refractivity contribution in [2.24, 2.45) is 0 Å². The standard InChI is InChI=1S/C30H28O4/c1-4-22-19-24-20-26(32-3)16-17-27(24)30(29(22)23-9-7-6-8-10-23)34-25-14-11-21(12-15-25)13-18-28(31)33-5-2/h6-20H,4-5H2,1-3H3. The maximum absolute atomic E-state index is 11.6. The molecule has 0 heterocycles. The molecule has 0 saturated heterocycles. The van der Waals surface area contributed by atoms with Crippen LogP contribution < -0.4 is 9.47 Å². The van der Waals surface area contributed by atoms with E-state index in [9.17, 15) is 4.79 Å². The Kier molecular flexibility index (Phi) is 7.28. The van der Waals surface area contributed by atoms with Crippen LogP contribution in [0.2, 0.25) is 0 Å². The van der Waals surface area contributed by atoms with Crippen molar-refractivity contribution in [2.75, 3.05) is 13.7 Å². The van der Waals surface area contributed by atoms with Crippen molar-refractivity contribution in [1.82, 2.24) is 0 Å². The van der Waals surface area contributed by atoms with Gasteiger partial charge >= 0.3 is 5.97 Å². The van der Waals surface area contributed by atoms with Gasteiger partial charge in [-0.05, 0) is 71.8 Å². The molecule has 0 radical (unpaired) electrons. The SMILES string of the molecule is CCOC(=O)C=Cc1ccc(Oc2c(-c3ccccc3)c(CC)cc3cc(OC)ccc23)cc1. The topological polar surface area (TPSA) is 44.8 Å². The minimum Gasteiger partial charge on any atom is -0.497 e. The van der Waals surface area contributed by atoms with Crippen molar-refractivity contribution < 1.29 is 19.0 Å². The molecule has 0 saturated carbocycles. The fourth-order valence-corrected chi connectivity index (χ4v) is 3.96. The Balaban J connectivity index is 1.78. The lowest BCUT2D eigenvalue weighted by molar-refractivity contribution is -0.137. The van der Waals surface area contributed by atoms with E-state index in [1.54, 1.807) is 20.1 Å². The Morgan fingerprint density at radius 1 is 0.882 bits per heavy atom. The van der Waals surface area contributed by atoms with Crippen molar-refractivity contribution >= 4 is 22.8 Å². The second-order valence-electron chi connectivity index (χ2n) is 7.80. The van der Waals surface area contributed by atoms with Gasteiger partial charge in [0.05, 0.1) is 13.7 Å². The summed E-state index contributed by atoms with van der Waals surface area (Å²) in [7, 11) is 1.68. The number of ether oxygens (including phenoxy) is 3. The molecular formula is C30H28O4. The number of rotatable bonds is 8. The fourth-order valence-electron chi connectivity index (χ4n) is 3.96. The van der Waals surface area contributed by atoms with E-state index in [0.29, 0.717) is 6.61 Å². The smallest absolute Gasteiger partial charge is 0.330 e. The minimum absolute atomic E-state index is 0.353. The van der Waals surface area contributed by atoms with Gasteiger partial charge in [-0.3, -0.25) is 0 Å². The molecule has 0 fully saturated rings. The Bertz CT molecular complexity index is 1310. The molecule has 0 aromatic heterocycles. The van der Waals surface area contributed by atoms with Gasteiger partial charge in [-0.15, -0.1) is 0 Å². The lowest BCUT2D eigenvalue weighted by atomic mass is 9.92. The van der Waals surface area contributed by atoms with Crippen LogP contribution in [0.3, 0.4) is 0 Å². The second-order valence-corrected chi connectivity index (χ2v) is 7.80. The molecule has 34 heavy (non-hydrogen) atoms. The van der Waals surface area contributed by atoms with E-state index in [-0.39, 0.29) is 5.97 Å². The predicted molar refractivity (Wildman–Crippen MR) is 137 cm³/mol. The molecule has 4 rings (SSSR count). The van der Waals surface area contributed by atoms with Gasteiger partial charge in [0.15, 0.2) is 0 Å². The van der Waals surface area contributed by atoms with Gasteiger partial charge in [0.1, 0.15) is 17.2 Å². The molecule has 0 aliphatic heterocycles. The van der Waals surface area contributed by atoms with E-state index in [1.807, 2.05) is 60.7 Å². The van der Waals surface area contributed by atoms with E-state index in [1.165, 1.54) is 11.6 Å². The molecule has 4 nitrogen and oxygen atoms in total. The summed E-state index contributed by atoms with van der Waals surface area (Å²) in [5, 5.41) is 2.09. The number of esters is 1. The highest BCUT2D eigenvalue weighted by molar-refractivity contribution is 5.98. The van der Waals surface area contributed by atoms with Crippen molar-refractivity contribution in [2.45, 2.75) is 20.3 Å². The average Bonchev–Trinajstić information content (AvgIpc) is 2.88. The first-order chi connectivity index (χ1) is 16.6. The molecule has 4 heteroatoms. The van der Waals surface area contributed by atoms with Gasteiger partial charge in [0.25, 0.3) is 0 Å². The maximum Gasteiger partial charge on any atom is 0.330 e. The zero-order valence-electron chi connectivity index (χ0n) is 19.7. The third-order valence-corrected chi connectivity index (χ3v) is 5.62. The van der Waals surface area contributed by atoms with Crippen LogP contribution in [-0.2, 0) is 16.0 Å². The number of aryl methyl sites for hydroxylation is 1. The largest absolute Gasteiger partial charge is 0.497 e. The van der Waals surface area contributed by atoms with Crippen LogP contribution in [0.15, 0.2) is 84.9 Å². The summed E-state index contributed by atoms with van der Waals surface area (Å²) in [6.45, 7) is 4.30. The Labute approximate surface area is 200 Å². The Morgan fingerprint density at radius 2 is 1.62 bits per heavy atom. The molecule has 4 aromatic carbocycles. The molecule has 0 bridgehead atoms. The third kappa shape index (κ3) is 5.12. The number of methoxy groups -OCH3 is 1. The molecule has 0 amide bonds.